The minimum absolute atomic E-state index is 0.174. The summed E-state index contributed by atoms with van der Waals surface area (Å²) >= 11 is 1.73. The van der Waals surface area contributed by atoms with E-state index in [1.54, 1.807) is 17.4 Å². The van der Waals surface area contributed by atoms with E-state index in [1.807, 2.05) is 13.0 Å². The molecule has 0 aliphatic heterocycles. The minimum atomic E-state index is -0.174. The number of benzene rings is 1. The molecule has 0 saturated carbocycles. The van der Waals surface area contributed by atoms with Crippen LogP contribution in [0.2, 0.25) is 0 Å². The lowest BCUT2D eigenvalue weighted by Gasteiger charge is -2.16. The van der Waals surface area contributed by atoms with Crippen molar-refractivity contribution in [2.45, 2.75) is 26.3 Å². The molecule has 3 heteroatoms. The van der Waals surface area contributed by atoms with E-state index < -0.39 is 0 Å². The van der Waals surface area contributed by atoms with Gasteiger partial charge in [-0.1, -0.05) is 12.5 Å². The van der Waals surface area contributed by atoms with Crippen molar-refractivity contribution >= 4 is 21.4 Å². The second-order valence-electron chi connectivity index (χ2n) is 4.60. The van der Waals surface area contributed by atoms with Crippen LogP contribution in [0.4, 0.5) is 4.39 Å². The van der Waals surface area contributed by atoms with E-state index in [-0.39, 0.29) is 11.9 Å². The van der Waals surface area contributed by atoms with Crippen LogP contribution in [0, 0.1) is 5.82 Å². The van der Waals surface area contributed by atoms with Crippen LogP contribution in [-0.4, -0.2) is 6.54 Å². The SMILES string of the molecule is C=C(C)CC(NCC)c1cc2cc(F)ccc2s1. The fourth-order valence-electron chi connectivity index (χ4n) is 2.07. The molecule has 1 aromatic carbocycles. The van der Waals surface area contributed by atoms with Gasteiger partial charge < -0.3 is 5.32 Å². The molecule has 2 rings (SSSR count). The van der Waals surface area contributed by atoms with Crippen molar-refractivity contribution in [3.63, 3.8) is 0 Å². The first-order valence-electron chi connectivity index (χ1n) is 6.17. The monoisotopic (exact) mass is 263 g/mol. The first kappa shape index (κ1) is 13.2. The lowest BCUT2D eigenvalue weighted by Crippen LogP contribution is -2.20. The lowest BCUT2D eigenvalue weighted by molar-refractivity contribution is 0.557. The van der Waals surface area contributed by atoms with Crippen LogP contribution >= 0.6 is 11.3 Å². The Balaban J connectivity index is 2.34. The van der Waals surface area contributed by atoms with Crippen molar-refractivity contribution in [1.82, 2.24) is 5.32 Å². The molecule has 0 bridgehead atoms. The normalized spacial score (nSPS) is 12.8. The van der Waals surface area contributed by atoms with Gasteiger partial charge in [0.05, 0.1) is 0 Å². The molecule has 0 aliphatic rings. The zero-order valence-corrected chi connectivity index (χ0v) is 11.6. The van der Waals surface area contributed by atoms with E-state index in [4.69, 9.17) is 0 Å². The van der Waals surface area contributed by atoms with Crippen LogP contribution in [0.15, 0.2) is 36.4 Å². The quantitative estimate of drug-likeness (QED) is 0.774. The third-order valence-corrected chi connectivity index (χ3v) is 4.07. The molecule has 0 saturated heterocycles. The molecule has 1 N–H and O–H groups in total. The van der Waals surface area contributed by atoms with Gasteiger partial charge in [0.1, 0.15) is 5.82 Å². The van der Waals surface area contributed by atoms with Gasteiger partial charge in [-0.25, -0.2) is 4.39 Å². The third kappa shape index (κ3) is 2.98. The van der Waals surface area contributed by atoms with Crippen LogP contribution < -0.4 is 5.32 Å². The molecule has 1 nitrogen and oxygen atoms in total. The molecule has 1 heterocycles. The van der Waals surface area contributed by atoms with Gasteiger partial charge in [0, 0.05) is 15.6 Å². The molecular weight excluding hydrogens is 245 g/mol. The van der Waals surface area contributed by atoms with Crippen LogP contribution in [0.25, 0.3) is 10.1 Å². The molecular formula is C15H18FNS. The number of nitrogens with one attached hydrogen (secondary N) is 1. The molecule has 0 radical (unpaired) electrons. The predicted octanol–water partition coefficient (Wildman–Crippen LogP) is 4.66. The molecule has 0 fully saturated rings. The summed E-state index contributed by atoms with van der Waals surface area (Å²) in [7, 11) is 0. The molecule has 1 aromatic heterocycles. The Labute approximate surface area is 111 Å². The van der Waals surface area contributed by atoms with E-state index in [1.165, 1.54) is 10.9 Å². The fraction of sp³-hybridized carbons (Fsp3) is 0.333. The predicted molar refractivity (Wildman–Crippen MR) is 77.6 cm³/mol. The number of hydrogen-bond acceptors (Lipinski definition) is 2. The number of halogens is 1. The lowest BCUT2D eigenvalue weighted by atomic mass is 10.1. The van der Waals surface area contributed by atoms with Crippen molar-refractivity contribution in [1.29, 1.82) is 0 Å². The van der Waals surface area contributed by atoms with E-state index in [2.05, 4.69) is 24.9 Å². The van der Waals surface area contributed by atoms with Crippen molar-refractivity contribution in [2.24, 2.45) is 0 Å². The van der Waals surface area contributed by atoms with Gasteiger partial charge in [0.25, 0.3) is 0 Å². The van der Waals surface area contributed by atoms with E-state index in [0.717, 1.165) is 28.6 Å². The second-order valence-corrected chi connectivity index (χ2v) is 5.72. The molecule has 1 atom stereocenters. The molecule has 0 aliphatic carbocycles. The summed E-state index contributed by atoms with van der Waals surface area (Å²) in [5, 5.41) is 4.45. The van der Waals surface area contributed by atoms with E-state index in [0.29, 0.717) is 0 Å². The van der Waals surface area contributed by atoms with Gasteiger partial charge >= 0.3 is 0 Å². The van der Waals surface area contributed by atoms with Crippen molar-refractivity contribution < 1.29 is 4.39 Å². The maximum Gasteiger partial charge on any atom is 0.123 e. The average molecular weight is 263 g/mol. The Morgan fingerprint density at radius 3 is 2.89 bits per heavy atom. The first-order valence-corrected chi connectivity index (χ1v) is 6.98. The van der Waals surface area contributed by atoms with Crippen molar-refractivity contribution in [3.8, 4) is 0 Å². The summed E-state index contributed by atoms with van der Waals surface area (Å²) in [6.07, 6.45) is 0.920. The number of hydrogen-bond donors (Lipinski definition) is 1. The summed E-state index contributed by atoms with van der Waals surface area (Å²) in [4.78, 5) is 1.25. The zero-order valence-electron chi connectivity index (χ0n) is 10.8. The van der Waals surface area contributed by atoms with Gasteiger partial charge in [0.2, 0.25) is 0 Å². The highest BCUT2D eigenvalue weighted by atomic mass is 32.1. The minimum Gasteiger partial charge on any atom is -0.309 e. The summed E-state index contributed by atoms with van der Waals surface area (Å²) in [6, 6.07) is 7.33. The Bertz CT molecular complexity index is 559. The zero-order chi connectivity index (χ0) is 13.1. The second kappa shape index (κ2) is 5.63. The maximum atomic E-state index is 13.2. The summed E-state index contributed by atoms with van der Waals surface area (Å²) in [6.45, 7) is 9.03. The van der Waals surface area contributed by atoms with Crippen LogP contribution in [0.5, 0.6) is 0 Å². The first-order chi connectivity index (χ1) is 8.60. The Morgan fingerprint density at radius 1 is 1.44 bits per heavy atom. The van der Waals surface area contributed by atoms with Gasteiger partial charge in [-0.15, -0.1) is 17.9 Å². The van der Waals surface area contributed by atoms with Gasteiger partial charge in [-0.05, 0) is 49.5 Å². The van der Waals surface area contributed by atoms with Crippen molar-refractivity contribution in [2.75, 3.05) is 6.54 Å². The Morgan fingerprint density at radius 2 is 2.22 bits per heavy atom. The van der Waals surface area contributed by atoms with Crippen LogP contribution in [-0.2, 0) is 0 Å². The molecule has 1 unspecified atom stereocenters. The van der Waals surface area contributed by atoms with Crippen LogP contribution in [0.1, 0.15) is 31.2 Å². The van der Waals surface area contributed by atoms with E-state index in [9.17, 15) is 4.39 Å². The maximum absolute atomic E-state index is 13.2. The number of thiophene rings is 1. The smallest absolute Gasteiger partial charge is 0.123 e. The van der Waals surface area contributed by atoms with Gasteiger partial charge in [0.15, 0.2) is 0 Å². The topological polar surface area (TPSA) is 12.0 Å². The third-order valence-electron chi connectivity index (χ3n) is 2.84. The highest BCUT2D eigenvalue weighted by Crippen LogP contribution is 2.32. The van der Waals surface area contributed by atoms with Crippen molar-refractivity contribution in [3.05, 3.63) is 47.1 Å². The molecule has 2 aromatic rings. The fourth-order valence-corrected chi connectivity index (χ4v) is 3.20. The summed E-state index contributed by atoms with van der Waals surface area (Å²) < 4.78 is 14.3. The molecule has 0 spiro atoms. The highest BCUT2D eigenvalue weighted by Gasteiger charge is 2.13. The highest BCUT2D eigenvalue weighted by molar-refractivity contribution is 7.19. The number of fused-ring (bicyclic) bond motifs is 1. The summed E-state index contributed by atoms with van der Waals surface area (Å²) in [5.74, 6) is -0.174. The van der Waals surface area contributed by atoms with Gasteiger partial charge in [-0.2, -0.15) is 0 Å². The standard InChI is InChI=1S/C15H18FNS/c1-4-17-13(7-10(2)3)15-9-11-8-12(16)5-6-14(11)18-15/h5-6,8-9,13,17H,2,4,7H2,1,3H3. The Kier molecular flexibility index (Phi) is 4.15. The molecule has 0 amide bonds. The summed E-state index contributed by atoms with van der Waals surface area (Å²) in [5.41, 5.74) is 1.16. The molecule has 18 heavy (non-hydrogen) atoms. The average Bonchev–Trinajstić information content (AvgIpc) is 2.70. The largest absolute Gasteiger partial charge is 0.309 e. The molecule has 96 valence electrons. The Hall–Kier alpha value is -1.19. The van der Waals surface area contributed by atoms with Gasteiger partial charge in [-0.3, -0.25) is 0 Å². The van der Waals surface area contributed by atoms with Crippen LogP contribution in [0.3, 0.4) is 0 Å². The van der Waals surface area contributed by atoms with E-state index >= 15 is 0 Å². The number of rotatable bonds is 5.